The summed E-state index contributed by atoms with van der Waals surface area (Å²) in [5.41, 5.74) is 4.27. The number of aromatic amines is 2. The summed E-state index contributed by atoms with van der Waals surface area (Å²) in [5.74, 6) is 0. The van der Waals surface area contributed by atoms with Gasteiger partial charge in [0.2, 0.25) is 0 Å². The lowest BCUT2D eigenvalue weighted by Crippen LogP contribution is -2.02. The average molecular weight is 238 g/mol. The Labute approximate surface area is 104 Å². The molecule has 3 aromatic rings. The van der Waals surface area contributed by atoms with Gasteiger partial charge in [0, 0.05) is 0 Å². The summed E-state index contributed by atoms with van der Waals surface area (Å²) in [4.78, 5) is 11.8. The van der Waals surface area contributed by atoms with E-state index in [9.17, 15) is 4.79 Å². The molecule has 0 aliphatic rings. The van der Waals surface area contributed by atoms with Gasteiger partial charge in [0.15, 0.2) is 0 Å². The van der Waals surface area contributed by atoms with Crippen molar-refractivity contribution in [3.63, 3.8) is 0 Å². The van der Waals surface area contributed by atoms with Crippen LogP contribution in [0.5, 0.6) is 0 Å². The Morgan fingerprint density at radius 1 is 1.06 bits per heavy atom. The Kier molecular flexibility index (Phi) is 2.52. The van der Waals surface area contributed by atoms with Crippen LogP contribution < -0.4 is 5.56 Å². The molecule has 2 aromatic carbocycles. The second-order valence-electron chi connectivity index (χ2n) is 4.59. The molecule has 1 aromatic heterocycles. The minimum atomic E-state index is -0.0454. The van der Waals surface area contributed by atoms with Crippen molar-refractivity contribution in [1.82, 2.24) is 10.2 Å². The predicted octanol–water partition coefficient (Wildman–Crippen LogP) is 2.76. The third-order valence-electron chi connectivity index (χ3n) is 3.14. The Hall–Kier alpha value is -2.29. The van der Waals surface area contributed by atoms with Crippen LogP contribution in [0.25, 0.3) is 10.9 Å². The van der Waals surface area contributed by atoms with Crippen molar-refractivity contribution in [2.75, 3.05) is 0 Å². The van der Waals surface area contributed by atoms with Gasteiger partial charge in [-0.3, -0.25) is 15.0 Å². The topological polar surface area (TPSA) is 48.6 Å². The smallest absolute Gasteiger partial charge is 0.272 e. The van der Waals surface area contributed by atoms with Crippen LogP contribution in [-0.2, 0) is 6.42 Å². The van der Waals surface area contributed by atoms with Crippen molar-refractivity contribution in [2.24, 2.45) is 0 Å². The van der Waals surface area contributed by atoms with Crippen molar-refractivity contribution < 1.29 is 0 Å². The van der Waals surface area contributed by atoms with Gasteiger partial charge in [-0.25, -0.2) is 0 Å². The molecule has 0 atom stereocenters. The standard InChI is InChI=1S/C15H14N2O/c1-10-7-12(9-11-5-3-2-4-6-11)14-13(8-10)16-17-15(14)18/h2-8H,9H2,1H3,(H2,16,17,18). The van der Waals surface area contributed by atoms with E-state index >= 15 is 0 Å². The second-order valence-corrected chi connectivity index (χ2v) is 4.59. The van der Waals surface area contributed by atoms with E-state index in [-0.39, 0.29) is 5.56 Å². The van der Waals surface area contributed by atoms with Gasteiger partial charge in [-0.2, -0.15) is 0 Å². The third-order valence-corrected chi connectivity index (χ3v) is 3.14. The molecule has 0 saturated carbocycles. The minimum Gasteiger partial charge on any atom is -0.298 e. The summed E-state index contributed by atoms with van der Waals surface area (Å²) in [7, 11) is 0. The normalized spacial score (nSPS) is 10.9. The van der Waals surface area contributed by atoms with E-state index in [1.165, 1.54) is 5.56 Å². The number of hydrogen-bond acceptors (Lipinski definition) is 1. The van der Waals surface area contributed by atoms with Gasteiger partial charge in [-0.15, -0.1) is 0 Å². The maximum absolute atomic E-state index is 11.8. The molecule has 0 bridgehead atoms. The highest BCUT2D eigenvalue weighted by atomic mass is 16.1. The molecule has 0 amide bonds. The van der Waals surface area contributed by atoms with Crippen molar-refractivity contribution in [3.05, 3.63) is 69.5 Å². The van der Waals surface area contributed by atoms with Crippen molar-refractivity contribution in [2.45, 2.75) is 13.3 Å². The largest absolute Gasteiger partial charge is 0.298 e. The molecule has 18 heavy (non-hydrogen) atoms. The first kappa shape index (κ1) is 10.8. The number of aromatic nitrogens is 2. The summed E-state index contributed by atoms with van der Waals surface area (Å²) in [6.45, 7) is 2.04. The van der Waals surface area contributed by atoms with E-state index in [1.54, 1.807) is 0 Å². The van der Waals surface area contributed by atoms with E-state index in [1.807, 2.05) is 31.2 Å². The molecule has 0 radical (unpaired) electrons. The molecular weight excluding hydrogens is 224 g/mol. The summed E-state index contributed by atoms with van der Waals surface area (Å²) < 4.78 is 0. The Morgan fingerprint density at radius 2 is 1.83 bits per heavy atom. The van der Waals surface area contributed by atoms with Crippen LogP contribution in [0.2, 0.25) is 0 Å². The highest BCUT2D eigenvalue weighted by molar-refractivity contribution is 5.82. The van der Waals surface area contributed by atoms with Crippen molar-refractivity contribution in [1.29, 1.82) is 0 Å². The lowest BCUT2D eigenvalue weighted by Gasteiger charge is -2.04. The Balaban J connectivity index is 2.16. The molecule has 1 heterocycles. The van der Waals surface area contributed by atoms with Crippen LogP contribution >= 0.6 is 0 Å². The molecule has 0 saturated heterocycles. The average Bonchev–Trinajstić information content (AvgIpc) is 2.72. The molecular formula is C15H14N2O. The van der Waals surface area contributed by atoms with Crippen molar-refractivity contribution in [3.8, 4) is 0 Å². The number of aryl methyl sites for hydroxylation is 1. The fourth-order valence-corrected chi connectivity index (χ4v) is 2.37. The van der Waals surface area contributed by atoms with Crippen LogP contribution in [0.4, 0.5) is 0 Å². The quantitative estimate of drug-likeness (QED) is 0.708. The van der Waals surface area contributed by atoms with Crippen LogP contribution in [0.3, 0.4) is 0 Å². The monoisotopic (exact) mass is 238 g/mol. The van der Waals surface area contributed by atoms with E-state index in [4.69, 9.17) is 0 Å². The summed E-state index contributed by atoms with van der Waals surface area (Å²) in [6, 6.07) is 14.3. The Bertz CT molecular complexity index is 738. The van der Waals surface area contributed by atoms with Crippen LogP contribution in [-0.4, -0.2) is 10.2 Å². The zero-order valence-corrected chi connectivity index (χ0v) is 10.2. The third kappa shape index (κ3) is 1.84. The predicted molar refractivity (Wildman–Crippen MR) is 72.9 cm³/mol. The summed E-state index contributed by atoms with van der Waals surface area (Å²) >= 11 is 0. The number of nitrogens with one attached hydrogen (secondary N) is 2. The van der Waals surface area contributed by atoms with Crippen LogP contribution in [0.15, 0.2) is 47.3 Å². The van der Waals surface area contributed by atoms with Gasteiger partial charge in [0.1, 0.15) is 0 Å². The van der Waals surface area contributed by atoms with Gasteiger partial charge >= 0.3 is 0 Å². The van der Waals surface area contributed by atoms with E-state index in [2.05, 4.69) is 28.4 Å². The van der Waals surface area contributed by atoms with Crippen LogP contribution in [0, 0.1) is 6.92 Å². The van der Waals surface area contributed by atoms with Gasteiger partial charge in [0.25, 0.3) is 5.56 Å². The first-order valence-corrected chi connectivity index (χ1v) is 5.98. The van der Waals surface area contributed by atoms with Crippen LogP contribution in [0.1, 0.15) is 16.7 Å². The first-order chi connectivity index (χ1) is 8.74. The van der Waals surface area contributed by atoms with Gasteiger partial charge in [-0.1, -0.05) is 36.4 Å². The zero-order chi connectivity index (χ0) is 12.5. The number of benzene rings is 2. The molecule has 0 aliphatic carbocycles. The van der Waals surface area contributed by atoms with E-state index < -0.39 is 0 Å². The SMILES string of the molecule is Cc1cc(Cc2ccccc2)c2c(=O)[nH][nH]c2c1. The van der Waals surface area contributed by atoms with Gasteiger partial charge < -0.3 is 0 Å². The molecule has 90 valence electrons. The molecule has 0 spiro atoms. The fraction of sp³-hybridized carbons (Fsp3) is 0.133. The summed E-state index contributed by atoms with van der Waals surface area (Å²) in [5, 5.41) is 6.33. The molecule has 3 heteroatoms. The second kappa shape index (κ2) is 4.18. The van der Waals surface area contributed by atoms with E-state index in [0.29, 0.717) is 0 Å². The van der Waals surface area contributed by atoms with Gasteiger partial charge in [-0.05, 0) is 36.1 Å². The minimum absolute atomic E-state index is 0.0454. The van der Waals surface area contributed by atoms with Crippen molar-refractivity contribution >= 4 is 10.9 Å². The number of rotatable bonds is 2. The van der Waals surface area contributed by atoms with E-state index in [0.717, 1.165) is 28.5 Å². The lowest BCUT2D eigenvalue weighted by atomic mass is 10.00. The molecule has 3 nitrogen and oxygen atoms in total. The Morgan fingerprint density at radius 3 is 2.61 bits per heavy atom. The molecule has 0 aliphatic heterocycles. The molecule has 0 unspecified atom stereocenters. The lowest BCUT2D eigenvalue weighted by molar-refractivity contribution is 1.08. The zero-order valence-electron chi connectivity index (χ0n) is 10.2. The number of hydrogen-bond donors (Lipinski definition) is 2. The maximum atomic E-state index is 11.8. The summed E-state index contributed by atoms with van der Waals surface area (Å²) in [6.07, 6.45) is 0.778. The fourth-order valence-electron chi connectivity index (χ4n) is 2.37. The number of H-pyrrole nitrogens is 2. The molecule has 0 fully saturated rings. The number of fused-ring (bicyclic) bond motifs is 1. The highest BCUT2D eigenvalue weighted by Gasteiger charge is 2.08. The maximum Gasteiger partial charge on any atom is 0.272 e. The molecule has 2 N–H and O–H groups in total. The molecule has 3 rings (SSSR count). The highest BCUT2D eigenvalue weighted by Crippen LogP contribution is 2.19. The first-order valence-electron chi connectivity index (χ1n) is 5.98. The van der Waals surface area contributed by atoms with Gasteiger partial charge in [0.05, 0.1) is 10.9 Å².